The van der Waals surface area contributed by atoms with Crippen LogP contribution in [0.15, 0.2) is 48.5 Å². The first-order valence-corrected chi connectivity index (χ1v) is 8.86. The van der Waals surface area contributed by atoms with E-state index >= 15 is 0 Å². The summed E-state index contributed by atoms with van der Waals surface area (Å²) in [5.41, 5.74) is 3.05. The molecule has 0 radical (unpaired) electrons. The van der Waals surface area contributed by atoms with Crippen molar-refractivity contribution >= 4 is 35.0 Å². The van der Waals surface area contributed by atoms with Crippen molar-refractivity contribution in [3.8, 4) is 0 Å². The topological polar surface area (TPSA) is 29.1 Å². The number of carbonyl (C=O) groups excluding carboxylic acids is 1. The van der Waals surface area contributed by atoms with Crippen LogP contribution in [0.4, 0.5) is 5.69 Å². The molecule has 1 amide bonds. The maximum Gasteiger partial charge on any atom is 0.234 e. The van der Waals surface area contributed by atoms with E-state index in [2.05, 4.69) is 29.6 Å². The van der Waals surface area contributed by atoms with Crippen molar-refractivity contribution in [1.29, 1.82) is 0 Å². The van der Waals surface area contributed by atoms with Crippen LogP contribution in [0, 0.1) is 6.92 Å². The molecule has 2 aromatic carbocycles. The second-order valence-corrected chi connectivity index (χ2v) is 6.61. The Morgan fingerprint density at radius 2 is 1.91 bits per heavy atom. The van der Waals surface area contributed by atoms with Crippen molar-refractivity contribution in [3.05, 3.63) is 64.7 Å². The molecule has 0 spiro atoms. The highest BCUT2D eigenvalue weighted by Gasteiger charge is 2.06. The predicted octanol–water partition coefficient (Wildman–Crippen LogP) is 4.95. The van der Waals surface area contributed by atoms with Crippen LogP contribution < -0.4 is 5.32 Å². The molecule has 4 heteroatoms. The number of carbonyl (C=O) groups is 1. The van der Waals surface area contributed by atoms with Gasteiger partial charge in [-0.25, -0.2) is 0 Å². The fourth-order valence-electron chi connectivity index (χ4n) is 2.12. The Balaban J connectivity index is 1.67. The molecular formula is C18H20ClNOS. The molecule has 2 nitrogen and oxygen atoms in total. The molecule has 0 saturated carbocycles. The predicted molar refractivity (Wildman–Crippen MR) is 96.9 cm³/mol. The SMILES string of the molecule is Cc1c(Cl)cccc1NC(=O)CSCCCc1ccccc1. The number of rotatable bonds is 7. The summed E-state index contributed by atoms with van der Waals surface area (Å²) in [7, 11) is 0. The van der Waals surface area contributed by atoms with Crippen LogP contribution in [-0.2, 0) is 11.2 Å². The van der Waals surface area contributed by atoms with Crippen LogP contribution in [0.25, 0.3) is 0 Å². The highest BCUT2D eigenvalue weighted by Crippen LogP contribution is 2.23. The molecule has 0 saturated heterocycles. The summed E-state index contributed by atoms with van der Waals surface area (Å²) in [4.78, 5) is 11.9. The first-order valence-electron chi connectivity index (χ1n) is 7.33. The van der Waals surface area contributed by atoms with E-state index in [1.165, 1.54) is 5.56 Å². The van der Waals surface area contributed by atoms with Crippen LogP contribution in [0.5, 0.6) is 0 Å². The van der Waals surface area contributed by atoms with Gasteiger partial charge in [-0.15, -0.1) is 0 Å². The Morgan fingerprint density at radius 1 is 1.14 bits per heavy atom. The van der Waals surface area contributed by atoms with E-state index in [0.29, 0.717) is 10.8 Å². The Bertz CT molecular complexity index is 616. The maximum absolute atomic E-state index is 11.9. The number of aryl methyl sites for hydroxylation is 1. The number of hydrogen-bond acceptors (Lipinski definition) is 2. The lowest BCUT2D eigenvalue weighted by molar-refractivity contribution is -0.113. The van der Waals surface area contributed by atoms with Gasteiger partial charge in [-0.1, -0.05) is 48.0 Å². The van der Waals surface area contributed by atoms with Gasteiger partial charge in [0.15, 0.2) is 0 Å². The summed E-state index contributed by atoms with van der Waals surface area (Å²) in [6.07, 6.45) is 2.14. The number of amides is 1. The second kappa shape index (κ2) is 8.86. The van der Waals surface area contributed by atoms with Gasteiger partial charge in [0.2, 0.25) is 5.91 Å². The minimum Gasteiger partial charge on any atom is -0.325 e. The maximum atomic E-state index is 11.9. The van der Waals surface area contributed by atoms with Gasteiger partial charge >= 0.3 is 0 Å². The van der Waals surface area contributed by atoms with E-state index in [4.69, 9.17) is 11.6 Å². The van der Waals surface area contributed by atoms with Crippen molar-refractivity contribution in [1.82, 2.24) is 0 Å². The monoisotopic (exact) mass is 333 g/mol. The summed E-state index contributed by atoms with van der Waals surface area (Å²) in [5.74, 6) is 1.48. The fourth-order valence-corrected chi connectivity index (χ4v) is 3.04. The van der Waals surface area contributed by atoms with E-state index in [1.807, 2.05) is 31.2 Å². The largest absolute Gasteiger partial charge is 0.325 e. The van der Waals surface area contributed by atoms with Crippen molar-refractivity contribution in [2.75, 3.05) is 16.8 Å². The van der Waals surface area contributed by atoms with Gasteiger partial charge in [-0.2, -0.15) is 11.8 Å². The number of thioether (sulfide) groups is 1. The minimum absolute atomic E-state index is 0.0232. The molecule has 0 aliphatic carbocycles. The zero-order chi connectivity index (χ0) is 15.8. The molecule has 2 aromatic rings. The van der Waals surface area contributed by atoms with Gasteiger partial charge in [0.05, 0.1) is 5.75 Å². The number of benzene rings is 2. The van der Waals surface area contributed by atoms with Gasteiger partial charge in [-0.05, 0) is 48.8 Å². The molecule has 0 aliphatic rings. The molecule has 0 fully saturated rings. The molecule has 0 heterocycles. The molecule has 0 aliphatic heterocycles. The highest BCUT2D eigenvalue weighted by molar-refractivity contribution is 7.99. The van der Waals surface area contributed by atoms with Crippen LogP contribution in [0.3, 0.4) is 0 Å². The summed E-state index contributed by atoms with van der Waals surface area (Å²) < 4.78 is 0. The number of anilines is 1. The summed E-state index contributed by atoms with van der Waals surface area (Å²) in [5, 5.41) is 3.59. The van der Waals surface area contributed by atoms with Gasteiger partial charge in [0.25, 0.3) is 0 Å². The number of halogens is 1. The van der Waals surface area contributed by atoms with E-state index in [-0.39, 0.29) is 5.91 Å². The molecule has 0 atom stereocenters. The zero-order valence-corrected chi connectivity index (χ0v) is 14.2. The third-order valence-electron chi connectivity index (χ3n) is 3.37. The minimum atomic E-state index is 0.0232. The van der Waals surface area contributed by atoms with Crippen LogP contribution in [0.1, 0.15) is 17.5 Å². The summed E-state index contributed by atoms with van der Waals surface area (Å²) in [6.45, 7) is 1.91. The molecule has 22 heavy (non-hydrogen) atoms. The average Bonchev–Trinajstić information content (AvgIpc) is 2.52. The van der Waals surface area contributed by atoms with Crippen molar-refractivity contribution in [3.63, 3.8) is 0 Å². The molecule has 0 unspecified atom stereocenters. The fraction of sp³-hybridized carbons (Fsp3) is 0.278. The van der Waals surface area contributed by atoms with E-state index in [9.17, 15) is 4.79 Å². The van der Waals surface area contributed by atoms with Crippen LogP contribution in [-0.4, -0.2) is 17.4 Å². The third kappa shape index (κ3) is 5.39. The van der Waals surface area contributed by atoms with E-state index < -0.39 is 0 Å². The Labute approximate surface area is 141 Å². The van der Waals surface area contributed by atoms with Gasteiger partial charge in [0.1, 0.15) is 0 Å². The highest BCUT2D eigenvalue weighted by atomic mass is 35.5. The normalized spacial score (nSPS) is 10.5. The Hall–Kier alpha value is -1.45. The third-order valence-corrected chi connectivity index (χ3v) is 4.83. The quantitative estimate of drug-likeness (QED) is 0.726. The molecule has 0 bridgehead atoms. The van der Waals surface area contributed by atoms with E-state index in [1.54, 1.807) is 11.8 Å². The second-order valence-electron chi connectivity index (χ2n) is 5.10. The van der Waals surface area contributed by atoms with Crippen molar-refractivity contribution in [2.45, 2.75) is 19.8 Å². The molecule has 116 valence electrons. The first-order chi connectivity index (χ1) is 10.7. The number of hydrogen-bond donors (Lipinski definition) is 1. The lowest BCUT2D eigenvalue weighted by atomic mass is 10.1. The molecule has 0 aromatic heterocycles. The molecular weight excluding hydrogens is 314 g/mol. The Kier molecular flexibility index (Phi) is 6.81. The summed E-state index contributed by atoms with van der Waals surface area (Å²) in [6, 6.07) is 16.0. The van der Waals surface area contributed by atoms with E-state index in [0.717, 1.165) is 29.8 Å². The van der Waals surface area contributed by atoms with Gasteiger partial charge in [-0.3, -0.25) is 4.79 Å². The number of nitrogens with one attached hydrogen (secondary N) is 1. The summed E-state index contributed by atoms with van der Waals surface area (Å²) >= 11 is 7.71. The van der Waals surface area contributed by atoms with Gasteiger partial charge in [0, 0.05) is 10.7 Å². The van der Waals surface area contributed by atoms with Crippen molar-refractivity contribution < 1.29 is 4.79 Å². The van der Waals surface area contributed by atoms with Crippen molar-refractivity contribution in [2.24, 2.45) is 0 Å². The lowest BCUT2D eigenvalue weighted by Crippen LogP contribution is -2.15. The smallest absolute Gasteiger partial charge is 0.234 e. The Morgan fingerprint density at radius 3 is 2.68 bits per heavy atom. The molecule has 2 rings (SSSR count). The van der Waals surface area contributed by atoms with Crippen LogP contribution in [0.2, 0.25) is 5.02 Å². The zero-order valence-electron chi connectivity index (χ0n) is 12.6. The average molecular weight is 334 g/mol. The first kappa shape index (κ1) is 16.9. The standard InChI is InChI=1S/C18H20ClNOS/c1-14-16(19)10-5-11-17(14)20-18(21)13-22-12-6-9-15-7-3-2-4-8-15/h2-5,7-8,10-11H,6,9,12-13H2,1H3,(H,20,21). The lowest BCUT2D eigenvalue weighted by Gasteiger charge is -2.09. The van der Waals surface area contributed by atoms with Gasteiger partial charge < -0.3 is 5.32 Å². The van der Waals surface area contributed by atoms with Crippen LogP contribution >= 0.6 is 23.4 Å². The molecule has 1 N–H and O–H groups in total.